The van der Waals surface area contributed by atoms with E-state index in [1.54, 1.807) is 4.90 Å². The van der Waals surface area contributed by atoms with Crippen LogP contribution in [0.15, 0.2) is 78.9 Å². The van der Waals surface area contributed by atoms with E-state index in [9.17, 15) is 19.5 Å². The Morgan fingerprint density at radius 2 is 1.51 bits per heavy atom. The highest BCUT2D eigenvalue weighted by Crippen LogP contribution is 2.44. The maximum absolute atomic E-state index is 13.3. The van der Waals surface area contributed by atoms with Crippen molar-refractivity contribution in [2.45, 2.75) is 50.6 Å². The highest BCUT2D eigenvalue weighted by molar-refractivity contribution is 5.79. The number of amides is 2. The minimum atomic E-state index is -0.934. The van der Waals surface area contributed by atoms with Crippen molar-refractivity contribution in [1.82, 2.24) is 10.2 Å². The van der Waals surface area contributed by atoms with E-state index in [1.807, 2.05) is 54.6 Å². The molecule has 2 N–H and O–H groups in total. The van der Waals surface area contributed by atoms with Crippen LogP contribution in [0.4, 0.5) is 4.79 Å². The third-order valence-electron chi connectivity index (χ3n) is 7.91. The molecule has 0 bridgehead atoms. The molecule has 3 aromatic rings. The van der Waals surface area contributed by atoms with E-state index < -0.39 is 12.1 Å². The Labute approximate surface area is 228 Å². The number of nitrogens with zero attached hydrogens (tertiary/aromatic N) is 1. The van der Waals surface area contributed by atoms with E-state index in [0.29, 0.717) is 6.54 Å². The molecule has 0 aliphatic heterocycles. The van der Waals surface area contributed by atoms with Crippen molar-refractivity contribution in [1.29, 1.82) is 0 Å². The van der Waals surface area contributed by atoms with E-state index in [0.717, 1.165) is 36.0 Å². The summed E-state index contributed by atoms with van der Waals surface area (Å²) in [7, 11) is 0. The van der Waals surface area contributed by atoms with Crippen LogP contribution in [-0.2, 0) is 20.9 Å². The molecule has 0 unspecified atom stereocenters. The van der Waals surface area contributed by atoms with Crippen LogP contribution in [0, 0.1) is 5.92 Å². The minimum absolute atomic E-state index is 0.00937. The van der Waals surface area contributed by atoms with Gasteiger partial charge in [-0.2, -0.15) is 0 Å². The first-order valence-corrected chi connectivity index (χ1v) is 13.6. The standard InChI is InChI=1S/C32H34N2O5/c35-30(34(18-17-31(36)37)20-22-9-2-1-3-10-22)19-23-11-8-16-29(23)33-32(38)39-21-28-26-14-6-4-12-24(26)25-13-5-7-15-27(25)28/h1-7,9-10,12-15,23,28-29H,8,11,16-21H2,(H,33,38)(H,36,37)/t23-,29+/m0/s1. The molecular weight excluding hydrogens is 492 g/mol. The molecule has 0 heterocycles. The Morgan fingerprint density at radius 1 is 0.872 bits per heavy atom. The minimum Gasteiger partial charge on any atom is -0.481 e. The maximum Gasteiger partial charge on any atom is 0.407 e. The van der Waals surface area contributed by atoms with E-state index in [4.69, 9.17) is 4.74 Å². The fourth-order valence-corrected chi connectivity index (χ4v) is 5.94. The lowest BCUT2D eigenvalue weighted by molar-refractivity contribution is -0.139. The van der Waals surface area contributed by atoms with Gasteiger partial charge in [-0.05, 0) is 46.6 Å². The summed E-state index contributed by atoms with van der Waals surface area (Å²) in [6.45, 7) is 0.765. The normalized spacial score (nSPS) is 17.7. The summed E-state index contributed by atoms with van der Waals surface area (Å²) >= 11 is 0. The Bertz CT molecular complexity index is 1280. The SMILES string of the molecule is O=C(O)CCN(Cc1ccccc1)C(=O)C[C@@H]1CCC[C@H]1NC(=O)OCC1c2ccccc2-c2ccccc21. The fourth-order valence-electron chi connectivity index (χ4n) is 5.94. The van der Waals surface area contributed by atoms with Crippen molar-refractivity contribution < 1.29 is 24.2 Å². The fraction of sp³-hybridized carbons (Fsp3) is 0.344. The lowest BCUT2D eigenvalue weighted by atomic mass is 9.98. The molecule has 2 aliphatic rings. The summed E-state index contributed by atoms with van der Waals surface area (Å²) in [6.07, 6.45) is 2.23. The monoisotopic (exact) mass is 526 g/mol. The molecule has 3 aromatic carbocycles. The second-order valence-electron chi connectivity index (χ2n) is 10.4. The van der Waals surface area contributed by atoms with Crippen LogP contribution < -0.4 is 5.32 Å². The molecule has 0 radical (unpaired) electrons. The van der Waals surface area contributed by atoms with Crippen molar-refractivity contribution in [2.75, 3.05) is 13.2 Å². The summed E-state index contributed by atoms with van der Waals surface area (Å²) < 4.78 is 5.74. The average Bonchev–Trinajstić information content (AvgIpc) is 3.51. The summed E-state index contributed by atoms with van der Waals surface area (Å²) in [5.74, 6) is -1.05. The number of aliphatic carboxylic acids is 1. The molecule has 1 fully saturated rings. The number of benzene rings is 3. The number of hydrogen-bond donors (Lipinski definition) is 2. The zero-order valence-corrected chi connectivity index (χ0v) is 21.9. The van der Waals surface area contributed by atoms with Crippen LogP contribution in [0.25, 0.3) is 11.1 Å². The Kier molecular flexibility index (Phi) is 8.25. The highest BCUT2D eigenvalue weighted by Gasteiger charge is 2.33. The molecule has 7 heteroatoms. The van der Waals surface area contributed by atoms with Crippen molar-refractivity contribution >= 4 is 18.0 Å². The second kappa shape index (κ2) is 12.2. The first kappa shape index (κ1) is 26.5. The molecule has 202 valence electrons. The van der Waals surface area contributed by atoms with E-state index in [-0.39, 0.29) is 49.8 Å². The van der Waals surface area contributed by atoms with Gasteiger partial charge in [0.2, 0.25) is 5.91 Å². The number of carboxylic acids is 1. The molecule has 2 amide bonds. The summed E-state index contributed by atoms with van der Waals surface area (Å²) in [4.78, 5) is 38.9. The van der Waals surface area contributed by atoms with Gasteiger partial charge < -0.3 is 20.1 Å². The molecule has 1 saturated carbocycles. The number of hydrogen-bond acceptors (Lipinski definition) is 4. The quantitative estimate of drug-likeness (QED) is 0.359. The van der Waals surface area contributed by atoms with Gasteiger partial charge in [-0.15, -0.1) is 0 Å². The first-order valence-electron chi connectivity index (χ1n) is 13.6. The van der Waals surface area contributed by atoms with Crippen LogP contribution in [0.3, 0.4) is 0 Å². The van der Waals surface area contributed by atoms with Crippen LogP contribution in [0.1, 0.15) is 54.7 Å². The molecule has 0 spiro atoms. The zero-order chi connectivity index (χ0) is 27.2. The number of ether oxygens (including phenoxy) is 1. The van der Waals surface area contributed by atoms with Gasteiger partial charge in [-0.1, -0.05) is 85.3 Å². The van der Waals surface area contributed by atoms with Crippen molar-refractivity contribution in [2.24, 2.45) is 5.92 Å². The molecule has 7 nitrogen and oxygen atoms in total. The molecule has 0 saturated heterocycles. The van der Waals surface area contributed by atoms with Gasteiger partial charge in [0.25, 0.3) is 0 Å². The van der Waals surface area contributed by atoms with Crippen LogP contribution in [0.5, 0.6) is 0 Å². The maximum atomic E-state index is 13.3. The predicted octanol–water partition coefficient (Wildman–Crippen LogP) is 5.59. The summed E-state index contributed by atoms with van der Waals surface area (Å²) in [5.41, 5.74) is 5.64. The number of rotatable bonds is 10. The summed E-state index contributed by atoms with van der Waals surface area (Å²) in [6, 6.07) is 25.9. The van der Waals surface area contributed by atoms with Crippen LogP contribution in [0.2, 0.25) is 0 Å². The highest BCUT2D eigenvalue weighted by atomic mass is 16.5. The van der Waals surface area contributed by atoms with E-state index >= 15 is 0 Å². The van der Waals surface area contributed by atoms with Gasteiger partial charge in [0.15, 0.2) is 0 Å². The lowest BCUT2D eigenvalue weighted by Gasteiger charge is -2.26. The number of carbonyl (C=O) groups excluding carboxylic acids is 2. The zero-order valence-electron chi connectivity index (χ0n) is 21.9. The van der Waals surface area contributed by atoms with Gasteiger partial charge in [-0.3, -0.25) is 9.59 Å². The van der Waals surface area contributed by atoms with Gasteiger partial charge in [-0.25, -0.2) is 4.79 Å². The van der Waals surface area contributed by atoms with E-state index in [1.165, 1.54) is 11.1 Å². The van der Waals surface area contributed by atoms with Gasteiger partial charge in [0, 0.05) is 31.5 Å². The third-order valence-corrected chi connectivity index (χ3v) is 7.91. The molecule has 2 aliphatic carbocycles. The third kappa shape index (κ3) is 6.30. The first-order chi connectivity index (χ1) is 19.0. The average molecular weight is 527 g/mol. The number of carbonyl (C=O) groups is 3. The topological polar surface area (TPSA) is 95.9 Å². The lowest BCUT2D eigenvalue weighted by Crippen LogP contribution is -2.41. The molecule has 2 atom stereocenters. The molecular formula is C32H34N2O5. The van der Waals surface area contributed by atoms with Crippen LogP contribution in [-0.4, -0.2) is 47.2 Å². The molecule has 5 rings (SSSR count). The van der Waals surface area contributed by atoms with Gasteiger partial charge >= 0.3 is 12.1 Å². The summed E-state index contributed by atoms with van der Waals surface area (Å²) in [5, 5.41) is 12.2. The number of fused-ring (bicyclic) bond motifs is 3. The van der Waals surface area contributed by atoms with Gasteiger partial charge in [0.05, 0.1) is 6.42 Å². The number of alkyl carbamates (subject to hydrolysis) is 1. The largest absolute Gasteiger partial charge is 0.481 e. The Morgan fingerprint density at radius 3 is 2.18 bits per heavy atom. The molecule has 39 heavy (non-hydrogen) atoms. The van der Waals surface area contributed by atoms with E-state index in [2.05, 4.69) is 29.6 Å². The van der Waals surface area contributed by atoms with Crippen molar-refractivity contribution in [3.63, 3.8) is 0 Å². The Hall–Kier alpha value is -4.13. The van der Waals surface area contributed by atoms with Gasteiger partial charge in [0.1, 0.15) is 6.61 Å². The predicted molar refractivity (Wildman–Crippen MR) is 148 cm³/mol. The van der Waals surface area contributed by atoms with Crippen LogP contribution >= 0.6 is 0 Å². The number of nitrogens with one attached hydrogen (secondary N) is 1. The van der Waals surface area contributed by atoms with Crippen molar-refractivity contribution in [3.8, 4) is 11.1 Å². The smallest absolute Gasteiger partial charge is 0.407 e. The second-order valence-corrected chi connectivity index (χ2v) is 10.4. The molecule has 0 aromatic heterocycles. The Balaban J connectivity index is 1.18. The van der Waals surface area contributed by atoms with Crippen molar-refractivity contribution in [3.05, 3.63) is 95.6 Å². The number of carboxylic acid groups (broad SMARTS) is 1.